The van der Waals surface area contributed by atoms with Gasteiger partial charge in [-0.25, -0.2) is 0 Å². The second kappa shape index (κ2) is 6.09. The van der Waals surface area contributed by atoms with Crippen LogP contribution < -0.4 is 15.4 Å². The van der Waals surface area contributed by atoms with E-state index in [0.29, 0.717) is 18.2 Å². The zero-order valence-corrected chi connectivity index (χ0v) is 11.9. The average Bonchev–Trinajstić information content (AvgIpc) is 2.86. The highest BCUT2D eigenvalue weighted by molar-refractivity contribution is 5.59. The van der Waals surface area contributed by atoms with E-state index in [2.05, 4.69) is 4.90 Å². The minimum Gasteiger partial charge on any atom is -0.484 e. The van der Waals surface area contributed by atoms with Gasteiger partial charge in [0.05, 0.1) is 11.0 Å². The number of hydrogen-bond donors (Lipinski definition) is 1. The van der Waals surface area contributed by atoms with E-state index in [-0.39, 0.29) is 11.8 Å². The molecule has 0 aromatic heterocycles. The first-order valence-corrected chi connectivity index (χ1v) is 6.91. The summed E-state index contributed by atoms with van der Waals surface area (Å²) in [5.41, 5.74) is 6.66. The first-order valence-electron chi connectivity index (χ1n) is 6.91. The molecule has 0 amide bonds. The highest BCUT2D eigenvalue weighted by atomic mass is 16.6. The van der Waals surface area contributed by atoms with Gasteiger partial charge in [-0.05, 0) is 38.8 Å². The van der Waals surface area contributed by atoms with E-state index in [1.807, 2.05) is 13.8 Å². The molecule has 1 heterocycles. The second-order valence-electron chi connectivity index (χ2n) is 5.41. The van der Waals surface area contributed by atoms with Gasteiger partial charge in [-0.15, -0.1) is 0 Å². The summed E-state index contributed by atoms with van der Waals surface area (Å²) in [7, 11) is 0. The summed E-state index contributed by atoms with van der Waals surface area (Å²) in [5.74, 6) is 0.832. The summed E-state index contributed by atoms with van der Waals surface area (Å²) in [5, 5.41) is 11.0. The van der Waals surface area contributed by atoms with Crippen LogP contribution in [0.25, 0.3) is 0 Å². The van der Waals surface area contributed by atoms with Crippen LogP contribution in [0.4, 0.5) is 11.4 Å². The Kier molecular flexibility index (Phi) is 4.44. The fourth-order valence-corrected chi connectivity index (χ4v) is 2.46. The Morgan fingerprint density at radius 1 is 1.55 bits per heavy atom. The normalized spacial score (nSPS) is 18.6. The molecule has 1 atom stereocenters. The maximum atomic E-state index is 11.0. The molecular weight excluding hydrogens is 258 g/mol. The van der Waals surface area contributed by atoms with E-state index in [1.54, 1.807) is 12.1 Å². The molecule has 0 saturated carbocycles. The summed E-state index contributed by atoms with van der Waals surface area (Å²) in [6, 6.07) is 5.06. The summed E-state index contributed by atoms with van der Waals surface area (Å²) in [4.78, 5) is 12.8. The maximum Gasteiger partial charge on any atom is 0.311 e. The van der Waals surface area contributed by atoms with Crippen molar-refractivity contribution in [1.29, 1.82) is 0 Å². The minimum absolute atomic E-state index is 0.0111. The number of ether oxygens (including phenoxy) is 1. The summed E-state index contributed by atoms with van der Waals surface area (Å²) >= 11 is 0. The standard InChI is InChI=1S/C14H21N3O3/c1-10(2)20-14-7-12(3-4-13(14)17(18)19)16-6-5-11(8-15)9-16/h3-4,7,10-11H,5-6,8-9,15H2,1-2H3. The molecule has 2 rings (SSSR count). The van der Waals surface area contributed by atoms with Crippen LogP contribution in [0.5, 0.6) is 5.75 Å². The number of nitro groups is 1. The Morgan fingerprint density at radius 2 is 2.30 bits per heavy atom. The fraction of sp³-hybridized carbons (Fsp3) is 0.571. The molecule has 1 aromatic rings. The number of nitrogens with two attached hydrogens (primary N) is 1. The van der Waals surface area contributed by atoms with Gasteiger partial charge in [0.25, 0.3) is 0 Å². The van der Waals surface area contributed by atoms with Crippen LogP contribution in [-0.4, -0.2) is 30.7 Å². The van der Waals surface area contributed by atoms with Gasteiger partial charge in [-0.1, -0.05) is 0 Å². The molecule has 0 bridgehead atoms. The summed E-state index contributed by atoms with van der Waals surface area (Å²) < 4.78 is 5.57. The van der Waals surface area contributed by atoms with Crippen LogP contribution >= 0.6 is 0 Å². The molecule has 1 aromatic carbocycles. The maximum absolute atomic E-state index is 11.0. The van der Waals surface area contributed by atoms with Crippen LogP contribution in [-0.2, 0) is 0 Å². The highest BCUT2D eigenvalue weighted by Crippen LogP contribution is 2.34. The lowest BCUT2D eigenvalue weighted by Gasteiger charge is -2.20. The summed E-state index contributed by atoms with van der Waals surface area (Å²) in [6.07, 6.45) is 0.965. The van der Waals surface area contributed by atoms with E-state index in [1.165, 1.54) is 6.07 Å². The number of anilines is 1. The fourth-order valence-electron chi connectivity index (χ4n) is 2.46. The van der Waals surface area contributed by atoms with E-state index in [4.69, 9.17) is 10.5 Å². The lowest BCUT2D eigenvalue weighted by Crippen LogP contribution is -2.22. The van der Waals surface area contributed by atoms with Gasteiger partial charge in [0.15, 0.2) is 5.75 Å². The third-order valence-electron chi connectivity index (χ3n) is 3.49. The monoisotopic (exact) mass is 279 g/mol. The third kappa shape index (κ3) is 3.19. The van der Waals surface area contributed by atoms with Crippen molar-refractivity contribution in [3.8, 4) is 5.75 Å². The highest BCUT2D eigenvalue weighted by Gasteiger charge is 2.24. The molecule has 0 radical (unpaired) electrons. The van der Waals surface area contributed by atoms with Gasteiger partial charge in [0, 0.05) is 30.9 Å². The van der Waals surface area contributed by atoms with E-state index < -0.39 is 4.92 Å². The Morgan fingerprint density at radius 3 is 2.85 bits per heavy atom. The third-order valence-corrected chi connectivity index (χ3v) is 3.49. The van der Waals surface area contributed by atoms with Crippen molar-refractivity contribution in [2.24, 2.45) is 11.7 Å². The molecule has 6 nitrogen and oxygen atoms in total. The zero-order chi connectivity index (χ0) is 14.7. The van der Waals surface area contributed by atoms with Crippen molar-refractivity contribution in [2.45, 2.75) is 26.4 Å². The summed E-state index contributed by atoms with van der Waals surface area (Å²) in [6.45, 7) is 6.22. The molecule has 0 aliphatic carbocycles. The molecule has 20 heavy (non-hydrogen) atoms. The van der Waals surface area contributed by atoms with Crippen molar-refractivity contribution in [3.63, 3.8) is 0 Å². The molecule has 1 fully saturated rings. The van der Waals surface area contributed by atoms with Crippen molar-refractivity contribution >= 4 is 11.4 Å². The van der Waals surface area contributed by atoms with Gasteiger partial charge >= 0.3 is 5.69 Å². The van der Waals surface area contributed by atoms with Crippen LogP contribution in [0, 0.1) is 16.0 Å². The van der Waals surface area contributed by atoms with Crippen LogP contribution in [0.15, 0.2) is 18.2 Å². The molecule has 1 saturated heterocycles. The quantitative estimate of drug-likeness (QED) is 0.660. The largest absolute Gasteiger partial charge is 0.484 e. The Labute approximate surface area is 118 Å². The molecule has 1 unspecified atom stereocenters. The van der Waals surface area contributed by atoms with Gasteiger partial charge < -0.3 is 15.4 Å². The van der Waals surface area contributed by atoms with Gasteiger partial charge in [-0.3, -0.25) is 10.1 Å². The first-order chi connectivity index (χ1) is 9.51. The van der Waals surface area contributed by atoms with E-state index in [9.17, 15) is 10.1 Å². The molecule has 1 aliphatic rings. The molecule has 110 valence electrons. The molecule has 1 aliphatic heterocycles. The van der Waals surface area contributed by atoms with Gasteiger partial charge in [0.1, 0.15) is 0 Å². The smallest absolute Gasteiger partial charge is 0.311 e. The lowest BCUT2D eigenvalue weighted by molar-refractivity contribution is -0.386. The molecule has 2 N–H and O–H groups in total. The van der Waals surface area contributed by atoms with Crippen LogP contribution in [0.1, 0.15) is 20.3 Å². The van der Waals surface area contributed by atoms with E-state index >= 15 is 0 Å². The second-order valence-corrected chi connectivity index (χ2v) is 5.41. The topological polar surface area (TPSA) is 81.6 Å². The number of hydrogen-bond acceptors (Lipinski definition) is 5. The average molecular weight is 279 g/mol. The predicted octanol–water partition coefficient (Wildman–Crippen LogP) is 2.17. The molecule has 6 heteroatoms. The number of nitro benzene ring substituents is 1. The van der Waals surface area contributed by atoms with Crippen LogP contribution in [0.3, 0.4) is 0 Å². The van der Waals surface area contributed by atoms with Crippen LogP contribution in [0.2, 0.25) is 0 Å². The minimum atomic E-state index is -0.409. The van der Waals surface area contributed by atoms with Crippen molar-refractivity contribution in [1.82, 2.24) is 0 Å². The van der Waals surface area contributed by atoms with Gasteiger partial charge in [-0.2, -0.15) is 0 Å². The van der Waals surface area contributed by atoms with Crippen molar-refractivity contribution in [3.05, 3.63) is 28.3 Å². The lowest BCUT2D eigenvalue weighted by atomic mass is 10.1. The molecule has 0 spiro atoms. The van der Waals surface area contributed by atoms with E-state index in [0.717, 1.165) is 25.2 Å². The Balaban J connectivity index is 2.25. The van der Waals surface area contributed by atoms with Crippen molar-refractivity contribution in [2.75, 3.05) is 24.5 Å². The molecular formula is C14H21N3O3. The first kappa shape index (κ1) is 14.6. The number of benzene rings is 1. The number of rotatable bonds is 5. The van der Waals surface area contributed by atoms with Crippen molar-refractivity contribution < 1.29 is 9.66 Å². The zero-order valence-electron chi connectivity index (χ0n) is 11.9. The SMILES string of the molecule is CC(C)Oc1cc(N2CCC(CN)C2)ccc1[N+](=O)[O-]. The predicted molar refractivity (Wildman–Crippen MR) is 78.2 cm³/mol. The number of nitrogens with zero attached hydrogens (tertiary/aromatic N) is 2. The Hall–Kier alpha value is -1.82. The Bertz CT molecular complexity index is 491. The van der Waals surface area contributed by atoms with Gasteiger partial charge in [0.2, 0.25) is 0 Å².